The Kier molecular flexibility index (Phi) is 6.60. The van der Waals surface area contributed by atoms with E-state index in [1.807, 2.05) is 0 Å². The number of aromatic nitrogens is 1. The number of amides is 5. The molecule has 0 radical (unpaired) electrons. The maximum Gasteiger partial charge on any atom is 0.325 e. The van der Waals surface area contributed by atoms with Crippen LogP contribution in [0.1, 0.15) is 56.8 Å². The molecule has 9 nitrogen and oxygen atoms in total. The minimum atomic E-state index is -0.906. The van der Waals surface area contributed by atoms with Crippen molar-refractivity contribution in [2.24, 2.45) is 11.3 Å². The van der Waals surface area contributed by atoms with Crippen molar-refractivity contribution < 1.29 is 19.2 Å². The van der Waals surface area contributed by atoms with Gasteiger partial charge in [-0.1, -0.05) is 26.8 Å². The zero-order chi connectivity index (χ0) is 25.2. The van der Waals surface area contributed by atoms with E-state index in [9.17, 15) is 19.2 Å². The van der Waals surface area contributed by atoms with Gasteiger partial charge >= 0.3 is 6.03 Å². The van der Waals surface area contributed by atoms with Crippen LogP contribution in [0, 0.1) is 11.3 Å². The summed E-state index contributed by atoms with van der Waals surface area (Å²) in [5.41, 5.74) is 0.637. The topological polar surface area (TPSA) is 120 Å². The number of imide groups is 1. The predicted octanol–water partition coefficient (Wildman–Crippen LogP) is 3.80. The molecule has 1 spiro atoms. The molecule has 2 aliphatic rings. The SMILES string of the molecule is CC(C)(C)C1CCC2(CC1)NC(=O)N(CC(=O)Nc1cccc(NC(=O)c3ccncc3)c1)C2=O. The van der Waals surface area contributed by atoms with Gasteiger partial charge < -0.3 is 16.0 Å². The van der Waals surface area contributed by atoms with Crippen LogP contribution < -0.4 is 16.0 Å². The van der Waals surface area contributed by atoms with Gasteiger partial charge in [0, 0.05) is 29.3 Å². The Hall–Kier alpha value is -3.75. The number of benzene rings is 1. The Morgan fingerprint density at radius 1 is 1.06 bits per heavy atom. The van der Waals surface area contributed by atoms with Crippen molar-refractivity contribution in [3.05, 3.63) is 54.4 Å². The fraction of sp³-hybridized carbons (Fsp3) is 0.423. The second-order valence-corrected chi connectivity index (χ2v) is 10.4. The van der Waals surface area contributed by atoms with Crippen LogP contribution in [-0.4, -0.2) is 45.7 Å². The molecular weight excluding hydrogens is 446 g/mol. The fourth-order valence-electron chi connectivity index (χ4n) is 4.86. The molecule has 2 aromatic rings. The number of hydrogen-bond donors (Lipinski definition) is 3. The van der Waals surface area contributed by atoms with E-state index in [1.165, 1.54) is 12.4 Å². The van der Waals surface area contributed by atoms with Crippen LogP contribution in [0.4, 0.5) is 16.2 Å². The van der Waals surface area contributed by atoms with Crippen LogP contribution in [0.25, 0.3) is 0 Å². The first-order valence-corrected chi connectivity index (χ1v) is 11.8. The number of anilines is 2. The van der Waals surface area contributed by atoms with Crippen LogP contribution >= 0.6 is 0 Å². The van der Waals surface area contributed by atoms with Crippen molar-refractivity contribution >= 4 is 35.1 Å². The van der Waals surface area contributed by atoms with E-state index < -0.39 is 17.5 Å². The first-order chi connectivity index (χ1) is 16.6. The van der Waals surface area contributed by atoms with Crippen molar-refractivity contribution in [3.63, 3.8) is 0 Å². The van der Waals surface area contributed by atoms with E-state index in [0.717, 1.165) is 17.7 Å². The lowest BCUT2D eigenvalue weighted by Crippen LogP contribution is -2.50. The lowest BCUT2D eigenvalue weighted by Gasteiger charge is -2.40. The van der Waals surface area contributed by atoms with E-state index in [2.05, 4.69) is 41.7 Å². The van der Waals surface area contributed by atoms with E-state index in [1.54, 1.807) is 36.4 Å². The number of pyridine rings is 1. The molecule has 1 aromatic heterocycles. The highest BCUT2D eigenvalue weighted by Gasteiger charge is 2.53. The third-order valence-corrected chi connectivity index (χ3v) is 6.96. The average Bonchev–Trinajstić information content (AvgIpc) is 3.03. The van der Waals surface area contributed by atoms with Crippen LogP contribution in [-0.2, 0) is 9.59 Å². The summed E-state index contributed by atoms with van der Waals surface area (Å²) in [6.45, 7) is 6.21. The number of urea groups is 1. The van der Waals surface area contributed by atoms with Crippen molar-refractivity contribution in [2.45, 2.75) is 52.0 Å². The molecule has 1 aliphatic heterocycles. The molecule has 35 heavy (non-hydrogen) atoms. The summed E-state index contributed by atoms with van der Waals surface area (Å²) in [6, 6.07) is 9.33. The van der Waals surface area contributed by atoms with Crippen molar-refractivity contribution in [3.8, 4) is 0 Å². The summed E-state index contributed by atoms with van der Waals surface area (Å²) >= 11 is 0. The van der Waals surface area contributed by atoms with Crippen LogP contribution in [0.15, 0.2) is 48.8 Å². The van der Waals surface area contributed by atoms with Crippen LogP contribution in [0.5, 0.6) is 0 Å². The second kappa shape index (κ2) is 9.48. The molecule has 0 unspecified atom stereocenters. The summed E-state index contributed by atoms with van der Waals surface area (Å²) in [7, 11) is 0. The maximum atomic E-state index is 13.2. The number of carbonyl (C=O) groups excluding carboxylic acids is 4. The molecule has 1 saturated heterocycles. The first kappa shape index (κ1) is 24.4. The Labute approximate surface area is 204 Å². The second-order valence-electron chi connectivity index (χ2n) is 10.4. The number of carbonyl (C=O) groups is 4. The van der Waals surface area contributed by atoms with Gasteiger partial charge in [-0.2, -0.15) is 0 Å². The van der Waals surface area contributed by atoms with E-state index in [-0.39, 0.29) is 23.8 Å². The summed E-state index contributed by atoms with van der Waals surface area (Å²) in [5.74, 6) is -0.641. The molecule has 2 fully saturated rings. The van der Waals surface area contributed by atoms with E-state index >= 15 is 0 Å². The largest absolute Gasteiger partial charge is 0.325 e. The predicted molar refractivity (Wildman–Crippen MR) is 132 cm³/mol. The lowest BCUT2D eigenvalue weighted by atomic mass is 9.67. The van der Waals surface area contributed by atoms with Crippen LogP contribution in [0.3, 0.4) is 0 Å². The Morgan fingerprint density at radius 2 is 1.69 bits per heavy atom. The summed E-state index contributed by atoms with van der Waals surface area (Å²) in [5, 5.41) is 8.33. The van der Waals surface area contributed by atoms with Gasteiger partial charge in [-0.15, -0.1) is 0 Å². The highest BCUT2D eigenvalue weighted by atomic mass is 16.2. The summed E-state index contributed by atoms with van der Waals surface area (Å²) in [4.78, 5) is 55.7. The number of nitrogens with zero attached hydrogens (tertiary/aromatic N) is 2. The maximum absolute atomic E-state index is 13.2. The zero-order valence-electron chi connectivity index (χ0n) is 20.3. The quantitative estimate of drug-likeness (QED) is 0.566. The smallest absolute Gasteiger partial charge is 0.324 e. The molecule has 0 bridgehead atoms. The molecule has 4 rings (SSSR count). The normalized spacial score (nSPS) is 22.1. The highest BCUT2D eigenvalue weighted by molar-refractivity contribution is 6.10. The van der Waals surface area contributed by atoms with Gasteiger partial charge in [-0.05, 0) is 67.3 Å². The third-order valence-electron chi connectivity index (χ3n) is 6.96. The number of hydrogen-bond acceptors (Lipinski definition) is 5. The summed E-state index contributed by atoms with van der Waals surface area (Å²) < 4.78 is 0. The molecule has 5 amide bonds. The van der Waals surface area contributed by atoms with Gasteiger partial charge in [-0.25, -0.2) is 4.79 Å². The minimum absolute atomic E-state index is 0.152. The number of rotatable bonds is 5. The Bertz CT molecular complexity index is 1130. The van der Waals surface area contributed by atoms with Crippen molar-refractivity contribution in [1.82, 2.24) is 15.2 Å². The Balaban J connectivity index is 1.36. The van der Waals surface area contributed by atoms with Gasteiger partial charge in [0.25, 0.3) is 11.8 Å². The highest BCUT2D eigenvalue weighted by Crippen LogP contribution is 2.43. The standard InChI is InChI=1S/C26H31N5O4/c1-25(2,3)18-7-11-26(12-8-18)23(34)31(24(35)30-26)16-21(32)28-19-5-4-6-20(15-19)29-22(33)17-9-13-27-14-10-17/h4-6,9-10,13-15,18H,7-8,11-12,16H2,1-3H3,(H,28,32)(H,29,33)(H,30,35). The molecule has 1 aliphatic carbocycles. The van der Waals surface area contributed by atoms with Gasteiger partial charge in [0.2, 0.25) is 5.91 Å². The molecule has 2 heterocycles. The zero-order valence-corrected chi connectivity index (χ0v) is 20.3. The molecule has 184 valence electrons. The molecule has 1 saturated carbocycles. The monoisotopic (exact) mass is 477 g/mol. The average molecular weight is 478 g/mol. The third kappa shape index (κ3) is 5.34. The Morgan fingerprint density at radius 3 is 2.31 bits per heavy atom. The molecular formula is C26H31N5O4. The number of nitrogens with one attached hydrogen (secondary N) is 3. The van der Waals surface area contributed by atoms with Gasteiger partial charge in [0.15, 0.2) is 0 Å². The minimum Gasteiger partial charge on any atom is -0.324 e. The van der Waals surface area contributed by atoms with Crippen molar-refractivity contribution in [2.75, 3.05) is 17.2 Å². The molecule has 3 N–H and O–H groups in total. The first-order valence-electron chi connectivity index (χ1n) is 11.8. The lowest BCUT2D eigenvalue weighted by molar-refractivity contribution is -0.135. The van der Waals surface area contributed by atoms with E-state index in [0.29, 0.717) is 35.7 Å². The van der Waals surface area contributed by atoms with Gasteiger partial charge in [-0.3, -0.25) is 24.3 Å². The fourth-order valence-corrected chi connectivity index (χ4v) is 4.86. The van der Waals surface area contributed by atoms with E-state index in [4.69, 9.17) is 0 Å². The molecule has 0 atom stereocenters. The molecule has 9 heteroatoms. The van der Waals surface area contributed by atoms with Gasteiger partial charge in [0.1, 0.15) is 12.1 Å². The molecule has 1 aromatic carbocycles. The van der Waals surface area contributed by atoms with Crippen molar-refractivity contribution in [1.29, 1.82) is 0 Å². The van der Waals surface area contributed by atoms with Gasteiger partial charge in [0.05, 0.1) is 0 Å². The summed E-state index contributed by atoms with van der Waals surface area (Å²) in [6.07, 6.45) is 5.93. The van der Waals surface area contributed by atoms with Crippen LogP contribution in [0.2, 0.25) is 0 Å².